The molecule has 1 aromatic rings. The van der Waals surface area contributed by atoms with Gasteiger partial charge in [0.1, 0.15) is 5.82 Å². The van der Waals surface area contributed by atoms with E-state index >= 15 is 0 Å². The van der Waals surface area contributed by atoms with Crippen molar-refractivity contribution >= 4 is 17.4 Å². The van der Waals surface area contributed by atoms with Crippen LogP contribution in [0.2, 0.25) is 5.02 Å². The molecule has 0 aliphatic rings. The standard InChI is InChI=1S/C15H26ClN3/c1-6-19(10-11(2)3)15-14(16)7-13(9-18-15)8-17-12(4)5/h7,9,11-12,17H,6,8,10H2,1-5H3. The molecule has 108 valence electrons. The zero-order valence-electron chi connectivity index (χ0n) is 12.7. The maximum absolute atomic E-state index is 6.37. The lowest BCUT2D eigenvalue weighted by Crippen LogP contribution is -2.28. The van der Waals surface area contributed by atoms with Crippen LogP contribution < -0.4 is 10.2 Å². The fourth-order valence-corrected chi connectivity index (χ4v) is 2.24. The number of pyridine rings is 1. The summed E-state index contributed by atoms with van der Waals surface area (Å²) in [4.78, 5) is 6.76. The van der Waals surface area contributed by atoms with Gasteiger partial charge < -0.3 is 10.2 Å². The fourth-order valence-electron chi connectivity index (χ4n) is 1.93. The molecule has 0 aliphatic carbocycles. The van der Waals surface area contributed by atoms with Crippen LogP contribution in [0.3, 0.4) is 0 Å². The first-order valence-corrected chi connectivity index (χ1v) is 7.44. The summed E-state index contributed by atoms with van der Waals surface area (Å²) in [7, 11) is 0. The molecule has 0 atom stereocenters. The second-order valence-corrected chi connectivity index (χ2v) is 6.02. The van der Waals surface area contributed by atoms with Crippen LogP contribution in [-0.2, 0) is 6.54 Å². The molecule has 0 unspecified atom stereocenters. The van der Waals surface area contributed by atoms with E-state index in [9.17, 15) is 0 Å². The van der Waals surface area contributed by atoms with Gasteiger partial charge >= 0.3 is 0 Å². The molecule has 1 aromatic heterocycles. The molecule has 0 spiro atoms. The average molecular weight is 284 g/mol. The van der Waals surface area contributed by atoms with E-state index in [1.807, 2.05) is 12.3 Å². The molecule has 1 rings (SSSR count). The summed E-state index contributed by atoms with van der Waals surface area (Å²) < 4.78 is 0. The first kappa shape index (κ1) is 16.3. The minimum absolute atomic E-state index is 0.464. The Morgan fingerprint density at radius 2 is 2.00 bits per heavy atom. The Kier molecular flexibility index (Phi) is 6.59. The molecule has 0 fully saturated rings. The quantitative estimate of drug-likeness (QED) is 0.827. The van der Waals surface area contributed by atoms with Gasteiger partial charge in [-0.05, 0) is 24.5 Å². The topological polar surface area (TPSA) is 28.2 Å². The van der Waals surface area contributed by atoms with Crippen molar-refractivity contribution in [3.8, 4) is 0 Å². The summed E-state index contributed by atoms with van der Waals surface area (Å²) >= 11 is 6.37. The van der Waals surface area contributed by atoms with E-state index in [-0.39, 0.29) is 0 Å². The minimum Gasteiger partial charge on any atom is -0.355 e. The first-order chi connectivity index (χ1) is 8.93. The molecular weight excluding hydrogens is 258 g/mol. The molecule has 0 bridgehead atoms. The molecule has 0 saturated heterocycles. The molecule has 0 aliphatic heterocycles. The largest absolute Gasteiger partial charge is 0.355 e. The van der Waals surface area contributed by atoms with Gasteiger partial charge in [-0.25, -0.2) is 4.98 Å². The summed E-state index contributed by atoms with van der Waals surface area (Å²) in [5.41, 5.74) is 1.13. The number of anilines is 1. The van der Waals surface area contributed by atoms with Gasteiger partial charge in [0, 0.05) is 31.9 Å². The Hall–Kier alpha value is -0.800. The zero-order valence-corrected chi connectivity index (χ0v) is 13.5. The summed E-state index contributed by atoms with van der Waals surface area (Å²) in [5.74, 6) is 1.49. The van der Waals surface area contributed by atoms with Crippen LogP contribution in [0.25, 0.3) is 0 Å². The highest BCUT2D eigenvalue weighted by atomic mass is 35.5. The third-order valence-electron chi connectivity index (χ3n) is 2.86. The van der Waals surface area contributed by atoms with Crippen molar-refractivity contribution < 1.29 is 0 Å². The van der Waals surface area contributed by atoms with Crippen molar-refractivity contribution in [2.24, 2.45) is 5.92 Å². The van der Waals surface area contributed by atoms with Gasteiger partial charge in [0.15, 0.2) is 0 Å². The summed E-state index contributed by atoms with van der Waals surface area (Å²) in [5, 5.41) is 4.11. The Morgan fingerprint density at radius 1 is 1.32 bits per heavy atom. The maximum Gasteiger partial charge on any atom is 0.147 e. The molecule has 4 heteroatoms. The predicted octanol–water partition coefficient (Wildman–Crippen LogP) is 3.72. The zero-order chi connectivity index (χ0) is 14.4. The van der Waals surface area contributed by atoms with Crippen molar-refractivity contribution in [2.75, 3.05) is 18.0 Å². The Balaban J connectivity index is 2.80. The summed E-state index contributed by atoms with van der Waals surface area (Å²) in [6.07, 6.45) is 1.92. The lowest BCUT2D eigenvalue weighted by molar-refractivity contribution is 0.587. The van der Waals surface area contributed by atoms with E-state index < -0.39 is 0 Å². The van der Waals surface area contributed by atoms with Crippen molar-refractivity contribution in [3.05, 3.63) is 22.8 Å². The van der Waals surface area contributed by atoms with Crippen molar-refractivity contribution in [3.63, 3.8) is 0 Å². The number of nitrogens with one attached hydrogen (secondary N) is 1. The monoisotopic (exact) mass is 283 g/mol. The van der Waals surface area contributed by atoms with Crippen LogP contribution in [0.1, 0.15) is 40.2 Å². The molecule has 0 radical (unpaired) electrons. The van der Waals surface area contributed by atoms with E-state index in [0.29, 0.717) is 12.0 Å². The Bertz CT molecular complexity index is 391. The van der Waals surface area contributed by atoms with Gasteiger partial charge in [-0.3, -0.25) is 0 Å². The number of hydrogen-bond donors (Lipinski definition) is 1. The minimum atomic E-state index is 0.464. The number of nitrogens with zero attached hydrogens (tertiary/aromatic N) is 2. The van der Waals surface area contributed by atoms with E-state index in [1.54, 1.807) is 0 Å². The van der Waals surface area contributed by atoms with E-state index in [4.69, 9.17) is 11.6 Å². The number of rotatable bonds is 7. The highest BCUT2D eigenvalue weighted by Gasteiger charge is 2.12. The van der Waals surface area contributed by atoms with Crippen LogP contribution in [0.15, 0.2) is 12.3 Å². The van der Waals surface area contributed by atoms with Crippen molar-refractivity contribution in [2.45, 2.75) is 47.2 Å². The first-order valence-electron chi connectivity index (χ1n) is 7.06. The van der Waals surface area contributed by atoms with Gasteiger partial charge in [0.2, 0.25) is 0 Å². The molecule has 0 saturated carbocycles. The second kappa shape index (κ2) is 7.71. The van der Waals surface area contributed by atoms with Gasteiger partial charge in [-0.2, -0.15) is 0 Å². The molecule has 0 aromatic carbocycles. The van der Waals surface area contributed by atoms with Crippen LogP contribution in [0.4, 0.5) is 5.82 Å². The second-order valence-electron chi connectivity index (χ2n) is 5.62. The third kappa shape index (κ3) is 5.37. The van der Waals surface area contributed by atoms with Crippen LogP contribution >= 0.6 is 11.6 Å². The Morgan fingerprint density at radius 3 is 2.47 bits per heavy atom. The van der Waals surface area contributed by atoms with E-state index in [0.717, 1.165) is 36.0 Å². The number of aromatic nitrogens is 1. The van der Waals surface area contributed by atoms with E-state index in [1.165, 1.54) is 0 Å². The normalized spacial score (nSPS) is 11.4. The van der Waals surface area contributed by atoms with Crippen LogP contribution in [0, 0.1) is 5.92 Å². The maximum atomic E-state index is 6.37. The SMILES string of the molecule is CCN(CC(C)C)c1ncc(CNC(C)C)cc1Cl. The van der Waals surface area contributed by atoms with Crippen molar-refractivity contribution in [1.29, 1.82) is 0 Å². The van der Waals surface area contributed by atoms with Crippen LogP contribution in [0.5, 0.6) is 0 Å². The molecule has 3 nitrogen and oxygen atoms in total. The molecule has 0 amide bonds. The van der Waals surface area contributed by atoms with Crippen LogP contribution in [-0.4, -0.2) is 24.1 Å². The molecule has 1 N–H and O–H groups in total. The molecule has 1 heterocycles. The average Bonchev–Trinajstić information content (AvgIpc) is 2.33. The number of halogens is 1. The van der Waals surface area contributed by atoms with Gasteiger partial charge in [0.25, 0.3) is 0 Å². The van der Waals surface area contributed by atoms with Gasteiger partial charge in [-0.1, -0.05) is 39.3 Å². The van der Waals surface area contributed by atoms with Gasteiger partial charge in [0.05, 0.1) is 5.02 Å². The summed E-state index contributed by atoms with van der Waals surface area (Å²) in [6, 6.07) is 2.48. The fraction of sp³-hybridized carbons (Fsp3) is 0.667. The lowest BCUT2D eigenvalue weighted by Gasteiger charge is -2.25. The Labute approximate surface area is 122 Å². The summed E-state index contributed by atoms with van der Waals surface area (Å²) in [6.45, 7) is 13.5. The lowest BCUT2D eigenvalue weighted by atomic mass is 10.2. The van der Waals surface area contributed by atoms with Crippen molar-refractivity contribution in [1.82, 2.24) is 10.3 Å². The molecular formula is C15H26ClN3. The predicted molar refractivity (Wildman–Crippen MR) is 83.9 cm³/mol. The van der Waals surface area contributed by atoms with Gasteiger partial charge in [-0.15, -0.1) is 0 Å². The highest BCUT2D eigenvalue weighted by Crippen LogP contribution is 2.24. The number of hydrogen-bond acceptors (Lipinski definition) is 3. The van der Waals surface area contributed by atoms with E-state index in [2.05, 4.69) is 49.8 Å². The third-order valence-corrected chi connectivity index (χ3v) is 3.14. The molecule has 19 heavy (non-hydrogen) atoms. The highest BCUT2D eigenvalue weighted by molar-refractivity contribution is 6.33. The smallest absolute Gasteiger partial charge is 0.147 e.